The molecule has 0 aromatic heterocycles. The minimum atomic E-state index is 0.669. The Kier molecular flexibility index (Phi) is 9.80. The zero-order valence-corrected chi connectivity index (χ0v) is 12.0. The fourth-order valence-corrected chi connectivity index (χ4v) is 1.80. The van der Waals surface area contributed by atoms with Gasteiger partial charge in [0, 0.05) is 6.42 Å². The monoisotopic (exact) mass is 236 g/mol. The zero-order chi connectivity index (χ0) is 13.1. The van der Waals surface area contributed by atoms with E-state index in [9.17, 15) is 4.79 Å². The van der Waals surface area contributed by atoms with Crippen LogP contribution < -0.4 is 0 Å². The molecular formula is C16H28O. The van der Waals surface area contributed by atoms with Crippen LogP contribution in [0.1, 0.15) is 66.2 Å². The van der Waals surface area contributed by atoms with Gasteiger partial charge in [-0.15, -0.1) is 0 Å². The second kappa shape index (κ2) is 10.3. The molecule has 0 rings (SSSR count). The van der Waals surface area contributed by atoms with Crippen molar-refractivity contribution in [1.82, 2.24) is 0 Å². The fraction of sp³-hybridized carbons (Fsp3) is 0.688. The zero-order valence-electron chi connectivity index (χ0n) is 12.0. The number of carbonyl (C=O) groups is 1. The summed E-state index contributed by atoms with van der Waals surface area (Å²) >= 11 is 0. The highest BCUT2D eigenvalue weighted by Gasteiger charge is 2.00. The lowest BCUT2D eigenvalue weighted by atomic mass is 9.99. The van der Waals surface area contributed by atoms with Gasteiger partial charge in [0.15, 0.2) is 0 Å². The number of allylic oxidation sites excluding steroid dienone is 4. The van der Waals surface area contributed by atoms with Gasteiger partial charge >= 0.3 is 0 Å². The molecule has 0 radical (unpaired) electrons. The summed E-state index contributed by atoms with van der Waals surface area (Å²) in [5, 5.41) is 0. The SMILES string of the molecule is CC(C)=CCCC(C)=CCCC(C)CCC=O. The molecule has 0 amide bonds. The molecule has 0 aliphatic carbocycles. The van der Waals surface area contributed by atoms with E-state index in [4.69, 9.17) is 0 Å². The van der Waals surface area contributed by atoms with Crippen LogP contribution in [0.25, 0.3) is 0 Å². The molecule has 1 nitrogen and oxygen atoms in total. The van der Waals surface area contributed by atoms with E-state index in [1.807, 2.05) is 0 Å². The predicted octanol–water partition coefficient (Wildman–Crippen LogP) is 5.07. The summed E-state index contributed by atoms with van der Waals surface area (Å²) < 4.78 is 0. The van der Waals surface area contributed by atoms with Gasteiger partial charge in [0.25, 0.3) is 0 Å². The molecule has 0 saturated heterocycles. The molecule has 0 bridgehead atoms. The minimum absolute atomic E-state index is 0.669. The molecule has 1 atom stereocenters. The predicted molar refractivity (Wildman–Crippen MR) is 76.1 cm³/mol. The Morgan fingerprint density at radius 2 is 1.65 bits per heavy atom. The number of hydrogen-bond acceptors (Lipinski definition) is 1. The highest BCUT2D eigenvalue weighted by Crippen LogP contribution is 2.14. The topological polar surface area (TPSA) is 17.1 Å². The summed E-state index contributed by atoms with van der Waals surface area (Å²) in [4.78, 5) is 10.2. The third kappa shape index (κ3) is 11.4. The van der Waals surface area contributed by atoms with Gasteiger partial charge in [0.05, 0.1) is 0 Å². The van der Waals surface area contributed by atoms with Crippen molar-refractivity contribution in [2.75, 3.05) is 0 Å². The van der Waals surface area contributed by atoms with E-state index in [-0.39, 0.29) is 0 Å². The Hall–Kier alpha value is -0.850. The van der Waals surface area contributed by atoms with Crippen molar-refractivity contribution in [1.29, 1.82) is 0 Å². The van der Waals surface area contributed by atoms with Gasteiger partial charge in [-0.1, -0.05) is 30.2 Å². The van der Waals surface area contributed by atoms with Crippen LogP contribution in [-0.4, -0.2) is 6.29 Å². The van der Waals surface area contributed by atoms with Crippen molar-refractivity contribution in [3.8, 4) is 0 Å². The molecule has 1 heteroatoms. The van der Waals surface area contributed by atoms with Gasteiger partial charge in [-0.2, -0.15) is 0 Å². The normalized spacial score (nSPS) is 13.3. The van der Waals surface area contributed by atoms with E-state index in [0.717, 1.165) is 25.5 Å². The molecule has 0 saturated carbocycles. The summed E-state index contributed by atoms with van der Waals surface area (Å²) in [7, 11) is 0. The summed E-state index contributed by atoms with van der Waals surface area (Å²) in [6, 6.07) is 0. The van der Waals surface area contributed by atoms with Crippen LogP contribution in [-0.2, 0) is 4.79 Å². The molecule has 0 heterocycles. The summed E-state index contributed by atoms with van der Waals surface area (Å²) in [6.45, 7) is 8.74. The van der Waals surface area contributed by atoms with Crippen LogP contribution in [0.5, 0.6) is 0 Å². The maximum atomic E-state index is 10.2. The average molecular weight is 236 g/mol. The Morgan fingerprint density at radius 3 is 2.24 bits per heavy atom. The van der Waals surface area contributed by atoms with Crippen molar-refractivity contribution in [3.63, 3.8) is 0 Å². The van der Waals surface area contributed by atoms with Crippen LogP contribution >= 0.6 is 0 Å². The molecule has 1 unspecified atom stereocenters. The van der Waals surface area contributed by atoms with Crippen LogP contribution in [0.15, 0.2) is 23.3 Å². The van der Waals surface area contributed by atoms with Gasteiger partial charge in [-0.3, -0.25) is 0 Å². The van der Waals surface area contributed by atoms with Crippen LogP contribution in [0, 0.1) is 5.92 Å². The first-order valence-electron chi connectivity index (χ1n) is 6.79. The molecule has 0 spiro atoms. The molecule has 0 aliphatic rings. The van der Waals surface area contributed by atoms with Gasteiger partial charge in [0.1, 0.15) is 6.29 Å². The van der Waals surface area contributed by atoms with Gasteiger partial charge in [-0.05, 0) is 58.8 Å². The highest BCUT2D eigenvalue weighted by molar-refractivity contribution is 5.49. The lowest BCUT2D eigenvalue weighted by Crippen LogP contribution is -1.94. The molecule has 0 N–H and O–H groups in total. The molecule has 0 aromatic carbocycles. The van der Waals surface area contributed by atoms with Crippen molar-refractivity contribution < 1.29 is 4.79 Å². The second-order valence-corrected chi connectivity index (χ2v) is 5.30. The van der Waals surface area contributed by atoms with E-state index >= 15 is 0 Å². The van der Waals surface area contributed by atoms with Crippen molar-refractivity contribution >= 4 is 6.29 Å². The summed E-state index contributed by atoms with van der Waals surface area (Å²) in [5.41, 5.74) is 2.89. The molecule has 0 fully saturated rings. The van der Waals surface area contributed by atoms with Crippen LogP contribution in [0.3, 0.4) is 0 Å². The molecule has 0 aromatic rings. The van der Waals surface area contributed by atoms with Gasteiger partial charge in [-0.25, -0.2) is 0 Å². The van der Waals surface area contributed by atoms with Gasteiger partial charge in [0.2, 0.25) is 0 Å². The molecular weight excluding hydrogens is 208 g/mol. The smallest absolute Gasteiger partial charge is 0.120 e. The second-order valence-electron chi connectivity index (χ2n) is 5.30. The van der Waals surface area contributed by atoms with Crippen LogP contribution in [0.2, 0.25) is 0 Å². The first-order chi connectivity index (χ1) is 8.06. The maximum absolute atomic E-state index is 10.2. The number of hydrogen-bond donors (Lipinski definition) is 0. The number of aldehydes is 1. The first kappa shape index (κ1) is 16.1. The Balaban J connectivity index is 3.68. The van der Waals surface area contributed by atoms with Crippen LogP contribution in [0.4, 0.5) is 0 Å². The standard InChI is InChI=1S/C16H28O/c1-14(2)8-5-9-15(3)10-6-11-16(4)12-7-13-17/h8,10,13,16H,5-7,9,11-12H2,1-4H3. The number of carbonyl (C=O) groups excluding carboxylic acids is 1. The Bertz CT molecular complexity index is 257. The molecule has 0 aliphatic heterocycles. The van der Waals surface area contributed by atoms with E-state index < -0.39 is 0 Å². The largest absolute Gasteiger partial charge is 0.303 e. The Labute approximate surface area is 107 Å². The lowest BCUT2D eigenvalue weighted by molar-refractivity contribution is -0.108. The minimum Gasteiger partial charge on any atom is -0.303 e. The third-order valence-corrected chi connectivity index (χ3v) is 3.02. The molecule has 17 heavy (non-hydrogen) atoms. The van der Waals surface area contributed by atoms with Gasteiger partial charge < -0.3 is 4.79 Å². The van der Waals surface area contributed by atoms with Crippen molar-refractivity contribution in [2.24, 2.45) is 5.92 Å². The first-order valence-corrected chi connectivity index (χ1v) is 6.79. The third-order valence-electron chi connectivity index (χ3n) is 3.02. The summed E-state index contributed by atoms with van der Waals surface area (Å²) in [5.74, 6) is 0.669. The van der Waals surface area contributed by atoms with Crippen molar-refractivity contribution in [3.05, 3.63) is 23.3 Å². The van der Waals surface area contributed by atoms with E-state index in [1.54, 1.807) is 0 Å². The van der Waals surface area contributed by atoms with E-state index in [2.05, 4.69) is 39.8 Å². The highest BCUT2D eigenvalue weighted by atomic mass is 16.1. The van der Waals surface area contributed by atoms with E-state index in [1.165, 1.54) is 24.0 Å². The maximum Gasteiger partial charge on any atom is 0.120 e. The Morgan fingerprint density at radius 1 is 1.00 bits per heavy atom. The fourth-order valence-electron chi connectivity index (χ4n) is 1.80. The summed E-state index contributed by atoms with van der Waals surface area (Å²) in [6.07, 6.45) is 12.1. The lowest BCUT2D eigenvalue weighted by Gasteiger charge is -2.07. The average Bonchev–Trinajstić information content (AvgIpc) is 2.25. The molecule has 98 valence electrons. The van der Waals surface area contributed by atoms with Crippen molar-refractivity contribution in [2.45, 2.75) is 66.2 Å². The quantitative estimate of drug-likeness (QED) is 0.403. The van der Waals surface area contributed by atoms with E-state index in [0.29, 0.717) is 12.3 Å². The number of rotatable bonds is 9.